The Hall–Kier alpha value is -0.790. The highest BCUT2D eigenvalue weighted by Crippen LogP contribution is 2.46. The second-order valence-electron chi connectivity index (χ2n) is 5.69. The quantitative estimate of drug-likeness (QED) is 0.824. The van der Waals surface area contributed by atoms with Crippen molar-refractivity contribution in [3.8, 4) is 5.88 Å². The molecule has 0 aliphatic carbocycles. The third-order valence-corrected chi connectivity index (χ3v) is 7.43. The Kier molecular flexibility index (Phi) is 4.16. The van der Waals surface area contributed by atoms with Gasteiger partial charge in [0.05, 0.1) is 5.75 Å². The molecule has 0 radical (unpaired) electrons. The minimum atomic E-state index is -3.05. The van der Waals surface area contributed by atoms with Crippen molar-refractivity contribution in [2.75, 3.05) is 24.6 Å². The van der Waals surface area contributed by atoms with E-state index >= 15 is 0 Å². The van der Waals surface area contributed by atoms with E-state index in [9.17, 15) is 8.42 Å². The molecule has 2 saturated heterocycles. The van der Waals surface area contributed by atoms with Crippen LogP contribution < -0.4 is 4.74 Å². The molecular weight excluding hydrogens is 308 g/mol. The van der Waals surface area contributed by atoms with Crippen LogP contribution in [0.5, 0.6) is 5.88 Å². The van der Waals surface area contributed by atoms with E-state index in [-0.39, 0.29) is 16.6 Å². The number of ether oxygens (including phenoxy) is 1. The molecule has 2 aliphatic heterocycles. The van der Waals surface area contributed by atoms with Crippen molar-refractivity contribution in [1.82, 2.24) is 9.29 Å². The molecule has 1 aromatic rings. The summed E-state index contributed by atoms with van der Waals surface area (Å²) in [7, 11) is -3.05. The highest BCUT2D eigenvalue weighted by molar-refractivity contribution is 8.01. The van der Waals surface area contributed by atoms with Crippen molar-refractivity contribution >= 4 is 21.8 Å². The molecule has 5 nitrogen and oxygen atoms in total. The van der Waals surface area contributed by atoms with Crippen molar-refractivity contribution in [2.24, 2.45) is 0 Å². The van der Waals surface area contributed by atoms with Crippen molar-refractivity contribution in [1.29, 1.82) is 0 Å². The standard InChI is InChI=1S/C14H20N2O3S2/c1-2-7-21(17,18)16-10-14(11-16)8-12(9-20-14)19-13-5-3-4-6-15-13/h3-6,12H,2,7-11H2,1H3. The third kappa shape index (κ3) is 3.19. The van der Waals surface area contributed by atoms with Gasteiger partial charge in [0.15, 0.2) is 0 Å². The van der Waals surface area contributed by atoms with E-state index < -0.39 is 10.0 Å². The Labute approximate surface area is 130 Å². The van der Waals surface area contributed by atoms with Crippen molar-refractivity contribution in [2.45, 2.75) is 30.6 Å². The van der Waals surface area contributed by atoms with Crippen LogP contribution in [0.2, 0.25) is 0 Å². The molecule has 3 heterocycles. The lowest BCUT2D eigenvalue weighted by molar-refractivity contribution is 0.155. The molecule has 0 saturated carbocycles. The fourth-order valence-electron chi connectivity index (χ4n) is 2.87. The molecule has 2 aliphatic rings. The molecule has 7 heteroatoms. The Morgan fingerprint density at radius 2 is 2.29 bits per heavy atom. The Morgan fingerprint density at radius 1 is 1.48 bits per heavy atom. The van der Waals surface area contributed by atoms with Crippen LogP contribution in [0.3, 0.4) is 0 Å². The van der Waals surface area contributed by atoms with Gasteiger partial charge in [-0.15, -0.1) is 11.8 Å². The lowest BCUT2D eigenvalue weighted by Crippen LogP contribution is -2.61. The zero-order valence-corrected chi connectivity index (χ0v) is 13.7. The van der Waals surface area contributed by atoms with Gasteiger partial charge in [-0.2, -0.15) is 4.31 Å². The molecule has 1 atom stereocenters. The van der Waals surface area contributed by atoms with E-state index in [1.807, 2.05) is 36.9 Å². The Bertz CT molecular complexity index is 585. The van der Waals surface area contributed by atoms with Gasteiger partial charge in [0.1, 0.15) is 6.10 Å². The van der Waals surface area contributed by atoms with Crippen LogP contribution in [0.4, 0.5) is 0 Å². The van der Waals surface area contributed by atoms with Gasteiger partial charge >= 0.3 is 0 Å². The maximum atomic E-state index is 12.0. The number of hydrogen-bond acceptors (Lipinski definition) is 5. The first-order valence-electron chi connectivity index (χ1n) is 7.22. The first kappa shape index (κ1) is 15.1. The van der Waals surface area contributed by atoms with Crippen molar-refractivity contribution in [3.63, 3.8) is 0 Å². The van der Waals surface area contributed by atoms with Crippen LogP contribution >= 0.6 is 11.8 Å². The molecule has 21 heavy (non-hydrogen) atoms. The van der Waals surface area contributed by atoms with Crippen LogP contribution in [0.15, 0.2) is 24.4 Å². The van der Waals surface area contributed by atoms with Gasteiger partial charge in [0, 0.05) is 42.3 Å². The molecule has 116 valence electrons. The SMILES string of the molecule is CCCS(=O)(=O)N1CC2(CC(Oc3ccccn3)CS2)C1. The average Bonchev–Trinajstić information content (AvgIpc) is 2.82. The summed E-state index contributed by atoms with van der Waals surface area (Å²) in [5.74, 6) is 1.80. The van der Waals surface area contributed by atoms with Gasteiger partial charge in [-0.1, -0.05) is 13.0 Å². The lowest BCUT2D eigenvalue weighted by Gasteiger charge is -2.46. The summed E-state index contributed by atoms with van der Waals surface area (Å²) in [4.78, 5) is 4.17. The zero-order chi connectivity index (χ0) is 14.9. The molecule has 2 fully saturated rings. The minimum absolute atomic E-state index is 0.0558. The number of pyridine rings is 1. The van der Waals surface area contributed by atoms with Crippen LogP contribution in [0, 0.1) is 0 Å². The molecule has 1 aromatic heterocycles. The maximum absolute atomic E-state index is 12.0. The molecule has 0 aromatic carbocycles. The van der Waals surface area contributed by atoms with Gasteiger partial charge in [-0.25, -0.2) is 13.4 Å². The molecular formula is C14H20N2O3S2. The Morgan fingerprint density at radius 3 is 2.95 bits per heavy atom. The predicted molar refractivity (Wildman–Crippen MR) is 84.1 cm³/mol. The van der Waals surface area contributed by atoms with Crippen LogP contribution in [-0.4, -0.2) is 53.2 Å². The second-order valence-corrected chi connectivity index (χ2v) is 9.27. The summed E-state index contributed by atoms with van der Waals surface area (Å²) in [6.07, 6.45) is 3.41. The maximum Gasteiger partial charge on any atom is 0.214 e. The monoisotopic (exact) mass is 328 g/mol. The van der Waals surface area contributed by atoms with Gasteiger partial charge in [-0.3, -0.25) is 0 Å². The normalized spacial score (nSPS) is 24.9. The van der Waals surface area contributed by atoms with E-state index in [2.05, 4.69) is 4.98 Å². The molecule has 1 spiro atoms. The fraction of sp³-hybridized carbons (Fsp3) is 0.643. The zero-order valence-electron chi connectivity index (χ0n) is 12.1. The number of sulfonamides is 1. The molecule has 0 N–H and O–H groups in total. The lowest BCUT2D eigenvalue weighted by atomic mass is 9.95. The largest absolute Gasteiger partial charge is 0.473 e. The van der Waals surface area contributed by atoms with Gasteiger partial charge in [0.25, 0.3) is 0 Å². The van der Waals surface area contributed by atoms with Crippen molar-refractivity contribution in [3.05, 3.63) is 24.4 Å². The minimum Gasteiger partial charge on any atom is -0.473 e. The van der Waals surface area contributed by atoms with Crippen molar-refractivity contribution < 1.29 is 13.2 Å². The summed E-state index contributed by atoms with van der Waals surface area (Å²) in [6.45, 7) is 3.15. The van der Waals surface area contributed by atoms with E-state index in [1.165, 1.54) is 0 Å². The summed E-state index contributed by atoms with van der Waals surface area (Å²) in [6, 6.07) is 5.62. The summed E-state index contributed by atoms with van der Waals surface area (Å²) < 4.78 is 31.6. The fourth-order valence-corrected chi connectivity index (χ4v) is 6.21. The second kappa shape index (κ2) is 5.78. The van der Waals surface area contributed by atoms with E-state index in [1.54, 1.807) is 10.5 Å². The molecule has 0 amide bonds. The highest BCUT2D eigenvalue weighted by Gasteiger charge is 2.53. The molecule has 1 unspecified atom stereocenters. The predicted octanol–water partition coefficient (Wildman–Crippen LogP) is 1.76. The van der Waals surface area contributed by atoms with E-state index in [4.69, 9.17) is 4.74 Å². The Balaban J connectivity index is 1.55. The molecule has 0 bridgehead atoms. The summed E-state index contributed by atoms with van der Waals surface area (Å²) >= 11 is 1.84. The van der Waals surface area contributed by atoms with E-state index in [0.717, 1.165) is 12.2 Å². The molecule has 3 rings (SSSR count). The number of rotatable bonds is 5. The first-order chi connectivity index (χ1) is 10.0. The number of thioether (sulfide) groups is 1. The van der Waals surface area contributed by atoms with Gasteiger partial charge < -0.3 is 4.74 Å². The number of nitrogens with zero attached hydrogens (tertiary/aromatic N) is 2. The smallest absolute Gasteiger partial charge is 0.214 e. The number of aromatic nitrogens is 1. The third-order valence-electron chi connectivity index (χ3n) is 3.88. The van der Waals surface area contributed by atoms with Crippen LogP contribution in [-0.2, 0) is 10.0 Å². The van der Waals surface area contributed by atoms with E-state index in [0.29, 0.717) is 25.4 Å². The van der Waals surface area contributed by atoms with Gasteiger partial charge in [-0.05, 0) is 12.5 Å². The first-order valence-corrected chi connectivity index (χ1v) is 9.82. The summed E-state index contributed by atoms with van der Waals surface area (Å²) in [5, 5.41) is 0. The average molecular weight is 328 g/mol. The van der Waals surface area contributed by atoms with Gasteiger partial charge in [0.2, 0.25) is 15.9 Å². The van der Waals surface area contributed by atoms with Crippen LogP contribution in [0.25, 0.3) is 0 Å². The highest BCUT2D eigenvalue weighted by atomic mass is 32.2. The van der Waals surface area contributed by atoms with Crippen LogP contribution in [0.1, 0.15) is 19.8 Å². The summed E-state index contributed by atoms with van der Waals surface area (Å²) in [5.41, 5.74) is 0. The topological polar surface area (TPSA) is 59.5 Å². The number of hydrogen-bond donors (Lipinski definition) is 0.